The largest absolute Gasteiger partial charge is 0.475 e. The number of halogens is 1. The van der Waals surface area contributed by atoms with Crippen molar-refractivity contribution in [3.05, 3.63) is 59.5 Å². The molecule has 4 heteroatoms. The van der Waals surface area contributed by atoms with Crippen molar-refractivity contribution in [3.63, 3.8) is 0 Å². The van der Waals surface area contributed by atoms with Crippen LogP contribution in [0.3, 0.4) is 0 Å². The molecule has 0 fully saturated rings. The van der Waals surface area contributed by atoms with Crippen molar-refractivity contribution in [1.29, 1.82) is 0 Å². The van der Waals surface area contributed by atoms with Crippen molar-refractivity contribution >= 4 is 28.3 Å². The Balaban J connectivity index is 2.12. The van der Waals surface area contributed by atoms with Crippen molar-refractivity contribution < 1.29 is 14.3 Å². The number of benzene rings is 2. The maximum Gasteiger partial charge on any atom is 0.372 e. The third-order valence-electron chi connectivity index (χ3n) is 2.97. The predicted octanol–water partition coefficient (Wildman–Crippen LogP) is 4.45. The van der Waals surface area contributed by atoms with Crippen LogP contribution < -0.4 is 0 Å². The molecule has 0 saturated carbocycles. The average Bonchev–Trinajstić information content (AvgIpc) is 2.82. The fourth-order valence-electron chi connectivity index (χ4n) is 2.04. The van der Waals surface area contributed by atoms with Crippen LogP contribution in [0, 0.1) is 0 Å². The van der Waals surface area contributed by atoms with Gasteiger partial charge in [0, 0.05) is 15.8 Å². The SMILES string of the molecule is O=C(O)c1occ2cc(-c3ccc(Cl)cc3)ccc12. The second kappa shape index (κ2) is 4.44. The van der Waals surface area contributed by atoms with E-state index in [-0.39, 0.29) is 5.76 Å². The maximum absolute atomic E-state index is 11.0. The first-order valence-corrected chi connectivity index (χ1v) is 6.03. The first-order valence-electron chi connectivity index (χ1n) is 5.65. The second-order valence-corrected chi connectivity index (χ2v) is 4.62. The van der Waals surface area contributed by atoms with Gasteiger partial charge in [-0.1, -0.05) is 29.8 Å². The summed E-state index contributed by atoms with van der Waals surface area (Å²) in [6.07, 6.45) is 1.46. The van der Waals surface area contributed by atoms with E-state index in [0.29, 0.717) is 10.4 Å². The molecule has 0 aliphatic rings. The molecule has 0 aliphatic heterocycles. The summed E-state index contributed by atoms with van der Waals surface area (Å²) in [4.78, 5) is 11.0. The summed E-state index contributed by atoms with van der Waals surface area (Å²) in [5, 5.41) is 11.0. The fourth-order valence-corrected chi connectivity index (χ4v) is 2.17. The lowest BCUT2D eigenvalue weighted by atomic mass is 10.0. The van der Waals surface area contributed by atoms with Crippen LogP contribution in [0.25, 0.3) is 21.9 Å². The monoisotopic (exact) mass is 272 g/mol. The zero-order chi connectivity index (χ0) is 13.4. The smallest absolute Gasteiger partial charge is 0.372 e. The van der Waals surface area contributed by atoms with Crippen LogP contribution in [0.1, 0.15) is 10.6 Å². The topological polar surface area (TPSA) is 50.4 Å². The lowest BCUT2D eigenvalue weighted by Crippen LogP contribution is -1.93. The van der Waals surface area contributed by atoms with Gasteiger partial charge < -0.3 is 9.52 Å². The molecule has 0 radical (unpaired) electrons. The third-order valence-corrected chi connectivity index (χ3v) is 3.22. The molecule has 0 amide bonds. The number of hydrogen-bond donors (Lipinski definition) is 1. The van der Waals surface area contributed by atoms with Gasteiger partial charge >= 0.3 is 5.97 Å². The van der Waals surface area contributed by atoms with Gasteiger partial charge in [0.15, 0.2) is 0 Å². The molecule has 2 aromatic carbocycles. The molecule has 0 saturated heterocycles. The van der Waals surface area contributed by atoms with Gasteiger partial charge in [-0.05, 0) is 35.4 Å². The molecule has 1 heterocycles. The molecule has 94 valence electrons. The number of carbonyl (C=O) groups is 1. The number of carboxylic acid groups (broad SMARTS) is 1. The second-order valence-electron chi connectivity index (χ2n) is 4.18. The zero-order valence-electron chi connectivity index (χ0n) is 9.76. The Morgan fingerprint density at radius 3 is 2.42 bits per heavy atom. The lowest BCUT2D eigenvalue weighted by Gasteiger charge is -2.02. The molecule has 1 N–H and O–H groups in total. The van der Waals surface area contributed by atoms with Crippen LogP contribution >= 0.6 is 11.6 Å². The first-order chi connectivity index (χ1) is 9.15. The van der Waals surface area contributed by atoms with E-state index < -0.39 is 5.97 Å². The van der Waals surface area contributed by atoms with Gasteiger partial charge in [0.25, 0.3) is 0 Å². The number of fused-ring (bicyclic) bond motifs is 1. The Morgan fingerprint density at radius 2 is 1.74 bits per heavy atom. The summed E-state index contributed by atoms with van der Waals surface area (Å²) >= 11 is 5.85. The highest BCUT2D eigenvalue weighted by Gasteiger charge is 2.13. The van der Waals surface area contributed by atoms with Gasteiger partial charge in [0.2, 0.25) is 5.76 Å². The van der Waals surface area contributed by atoms with Gasteiger partial charge in [-0.25, -0.2) is 4.79 Å². The summed E-state index contributed by atoms with van der Waals surface area (Å²) in [5.41, 5.74) is 2.01. The Kier molecular flexibility index (Phi) is 2.76. The summed E-state index contributed by atoms with van der Waals surface area (Å²) < 4.78 is 5.07. The minimum Gasteiger partial charge on any atom is -0.475 e. The molecule has 3 rings (SSSR count). The highest BCUT2D eigenvalue weighted by molar-refractivity contribution is 6.30. The van der Waals surface area contributed by atoms with E-state index in [2.05, 4.69) is 0 Å². The quantitative estimate of drug-likeness (QED) is 0.750. The molecule has 3 nitrogen and oxygen atoms in total. The van der Waals surface area contributed by atoms with E-state index in [9.17, 15) is 4.79 Å². The van der Waals surface area contributed by atoms with Crippen LogP contribution in [0.15, 0.2) is 53.1 Å². The lowest BCUT2D eigenvalue weighted by molar-refractivity contribution is 0.0665. The third kappa shape index (κ3) is 2.09. The van der Waals surface area contributed by atoms with Crippen molar-refractivity contribution in [2.24, 2.45) is 0 Å². The molecule has 0 unspecified atom stereocenters. The van der Waals surface area contributed by atoms with Crippen molar-refractivity contribution in [3.8, 4) is 11.1 Å². The van der Waals surface area contributed by atoms with Gasteiger partial charge in [-0.15, -0.1) is 0 Å². The number of carboxylic acids is 1. The minimum atomic E-state index is -1.06. The molecule has 3 aromatic rings. The Morgan fingerprint density at radius 1 is 1.05 bits per heavy atom. The molecule has 1 aromatic heterocycles. The summed E-state index contributed by atoms with van der Waals surface area (Å²) in [5.74, 6) is -1.09. The van der Waals surface area contributed by atoms with Crippen LogP contribution in [0.4, 0.5) is 0 Å². The highest BCUT2D eigenvalue weighted by atomic mass is 35.5. The molecule has 0 bridgehead atoms. The van der Waals surface area contributed by atoms with E-state index in [1.807, 2.05) is 36.4 Å². The van der Waals surface area contributed by atoms with Crippen LogP contribution in [-0.4, -0.2) is 11.1 Å². The van der Waals surface area contributed by atoms with Crippen molar-refractivity contribution in [2.45, 2.75) is 0 Å². The number of furan rings is 1. The molecule has 0 aliphatic carbocycles. The molecule has 0 atom stereocenters. The molecule has 0 spiro atoms. The van der Waals surface area contributed by atoms with E-state index in [0.717, 1.165) is 16.5 Å². The first kappa shape index (κ1) is 11.8. The van der Waals surface area contributed by atoms with Gasteiger partial charge in [-0.3, -0.25) is 0 Å². The summed E-state index contributed by atoms with van der Waals surface area (Å²) in [6, 6.07) is 13.0. The number of rotatable bonds is 2. The van der Waals surface area contributed by atoms with E-state index in [4.69, 9.17) is 21.1 Å². The number of aromatic carboxylic acids is 1. The van der Waals surface area contributed by atoms with Gasteiger partial charge in [0.1, 0.15) is 0 Å². The predicted molar refractivity (Wildman–Crippen MR) is 73.6 cm³/mol. The normalized spacial score (nSPS) is 10.8. The van der Waals surface area contributed by atoms with Crippen LogP contribution in [0.5, 0.6) is 0 Å². The minimum absolute atomic E-state index is 0.0299. The van der Waals surface area contributed by atoms with Crippen molar-refractivity contribution in [2.75, 3.05) is 0 Å². The van der Waals surface area contributed by atoms with Gasteiger partial charge in [0.05, 0.1) is 6.26 Å². The average molecular weight is 273 g/mol. The Hall–Kier alpha value is -2.26. The molecular weight excluding hydrogens is 264 g/mol. The van der Waals surface area contributed by atoms with E-state index >= 15 is 0 Å². The Labute approximate surface area is 114 Å². The van der Waals surface area contributed by atoms with Crippen molar-refractivity contribution in [1.82, 2.24) is 0 Å². The van der Waals surface area contributed by atoms with E-state index in [1.165, 1.54) is 6.26 Å². The molecule has 19 heavy (non-hydrogen) atoms. The Bertz CT molecular complexity index is 757. The molecular formula is C15H9ClO3. The number of hydrogen-bond acceptors (Lipinski definition) is 2. The van der Waals surface area contributed by atoms with Crippen LogP contribution in [-0.2, 0) is 0 Å². The zero-order valence-corrected chi connectivity index (χ0v) is 10.5. The maximum atomic E-state index is 11.0. The summed E-state index contributed by atoms with van der Waals surface area (Å²) in [6.45, 7) is 0. The van der Waals surface area contributed by atoms with Crippen LogP contribution in [0.2, 0.25) is 5.02 Å². The fraction of sp³-hybridized carbons (Fsp3) is 0. The van der Waals surface area contributed by atoms with Gasteiger partial charge in [-0.2, -0.15) is 0 Å². The summed E-state index contributed by atoms with van der Waals surface area (Å²) in [7, 11) is 0. The highest BCUT2D eigenvalue weighted by Crippen LogP contribution is 2.28. The van der Waals surface area contributed by atoms with E-state index in [1.54, 1.807) is 6.07 Å². The standard InChI is InChI=1S/C15H9ClO3/c16-12-4-1-9(2-5-12)10-3-6-13-11(7-10)8-19-14(13)15(17)18/h1-8H,(H,17,18).